The first-order valence-corrected chi connectivity index (χ1v) is 7.37. The normalized spacial score (nSPS) is 13.8. The molecule has 21 heavy (non-hydrogen) atoms. The number of phenolic OH excluding ortho intramolecular Hbond substituents is 1. The molecule has 2 aromatic carbocycles. The summed E-state index contributed by atoms with van der Waals surface area (Å²) in [4.78, 5) is 0. The van der Waals surface area contributed by atoms with E-state index in [4.69, 9.17) is 0 Å². The molecular weight excluding hydrogens is 262 g/mol. The Hall–Kier alpha value is -1.84. The maximum Gasteiger partial charge on any atom is 0.115 e. The van der Waals surface area contributed by atoms with Crippen LogP contribution in [0, 0.1) is 0 Å². The van der Waals surface area contributed by atoms with Crippen LogP contribution in [0.3, 0.4) is 0 Å². The first-order chi connectivity index (χ1) is 10.1. The zero-order valence-corrected chi connectivity index (χ0v) is 12.4. The summed E-state index contributed by atoms with van der Waals surface area (Å²) in [7, 11) is 0. The van der Waals surface area contributed by atoms with E-state index in [0.717, 1.165) is 18.5 Å². The van der Waals surface area contributed by atoms with E-state index in [-0.39, 0.29) is 17.8 Å². The second kappa shape index (κ2) is 7.81. The first kappa shape index (κ1) is 15.5. The third kappa shape index (κ3) is 5.21. The van der Waals surface area contributed by atoms with Gasteiger partial charge in [0.15, 0.2) is 0 Å². The highest BCUT2D eigenvalue weighted by atomic mass is 16.3. The molecule has 3 nitrogen and oxygen atoms in total. The Labute approximate surface area is 126 Å². The van der Waals surface area contributed by atoms with Gasteiger partial charge in [-0.15, -0.1) is 0 Å². The van der Waals surface area contributed by atoms with E-state index in [1.54, 1.807) is 12.1 Å². The van der Waals surface area contributed by atoms with Crippen molar-refractivity contribution in [3.63, 3.8) is 0 Å². The zero-order chi connectivity index (χ0) is 15.1. The smallest absolute Gasteiger partial charge is 0.115 e. The lowest BCUT2D eigenvalue weighted by Crippen LogP contribution is -2.23. The summed E-state index contributed by atoms with van der Waals surface area (Å²) in [5.41, 5.74) is 2.29. The van der Waals surface area contributed by atoms with Gasteiger partial charge >= 0.3 is 0 Å². The SMILES string of the molecule is CC(O)CC(CNCc1cccc(O)c1)c1ccccc1. The van der Waals surface area contributed by atoms with Crippen molar-refractivity contribution in [3.8, 4) is 5.75 Å². The maximum atomic E-state index is 9.68. The van der Waals surface area contributed by atoms with E-state index in [0.29, 0.717) is 6.54 Å². The van der Waals surface area contributed by atoms with E-state index in [9.17, 15) is 10.2 Å². The number of hydrogen-bond acceptors (Lipinski definition) is 3. The van der Waals surface area contributed by atoms with Crippen LogP contribution in [0.2, 0.25) is 0 Å². The van der Waals surface area contributed by atoms with Crippen LogP contribution in [0.1, 0.15) is 30.4 Å². The Morgan fingerprint density at radius 2 is 1.81 bits per heavy atom. The second-order valence-electron chi connectivity index (χ2n) is 5.49. The summed E-state index contributed by atoms with van der Waals surface area (Å²) in [5, 5.41) is 22.5. The fourth-order valence-electron chi connectivity index (χ4n) is 2.53. The summed E-state index contributed by atoms with van der Waals surface area (Å²) >= 11 is 0. The standard InChI is InChI=1S/C18H23NO2/c1-14(20)10-17(16-7-3-2-4-8-16)13-19-12-15-6-5-9-18(21)11-15/h2-9,11,14,17,19-21H,10,12-13H2,1H3. The molecule has 0 spiro atoms. The number of aliphatic hydroxyl groups is 1. The van der Waals surface area contributed by atoms with E-state index in [1.165, 1.54) is 5.56 Å². The summed E-state index contributed by atoms with van der Waals surface area (Å²) in [5.74, 6) is 0.571. The third-order valence-electron chi connectivity index (χ3n) is 3.53. The fourth-order valence-corrected chi connectivity index (χ4v) is 2.53. The second-order valence-corrected chi connectivity index (χ2v) is 5.49. The average molecular weight is 285 g/mol. The molecule has 0 fully saturated rings. The predicted octanol–water partition coefficient (Wildman–Crippen LogP) is 3.04. The quantitative estimate of drug-likeness (QED) is 0.733. The highest BCUT2D eigenvalue weighted by Crippen LogP contribution is 2.20. The molecule has 0 saturated carbocycles. The van der Waals surface area contributed by atoms with Crippen LogP contribution in [0.15, 0.2) is 54.6 Å². The molecule has 2 rings (SSSR count). The Morgan fingerprint density at radius 1 is 1.05 bits per heavy atom. The van der Waals surface area contributed by atoms with Crippen LogP contribution < -0.4 is 5.32 Å². The van der Waals surface area contributed by atoms with Crippen molar-refractivity contribution in [2.75, 3.05) is 6.54 Å². The van der Waals surface area contributed by atoms with Crippen molar-refractivity contribution in [1.82, 2.24) is 5.32 Å². The number of benzene rings is 2. The van der Waals surface area contributed by atoms with Crippen LogP contribution in [0.4, 0.5) is 0 Å². The molecule has 3 N–H and O–H groups in total. The van der Waals surface area contributed by atoms with Gasteiger partial charge in [0.25, 0.3) is 0 Å². The van der Waals surface area contributed by atoms with Gasteiger partial charge in [-0.3, -0.25) is 0 Å². The monoisotopic (exact) mass is 285 g/mol. The fraction of sp³-hybridized carbons (Fsp3) is 0.333. The van der Waals surface area contributed by atoms with Crippen LogP contribution in [-0.4, -0.2) is 22.9 Å². The van der Waals surface area contributed by atoms with Crippen LogP contribution >= 0.6 is 0 Å². The Kier molecular flexibility index (Phi) is 5.78. The van der Waals surface area contributed by atoms with Crippen molar-refractivity contribution in [2.24, 2.45) is 0 Å². The molecule has 0 saturated heterocycles. The molecule has 0 radical (unpaired) electrons. The molecule has 2 unspecified atom stereocenters. The van der Waals surface area contributed by atoms with E-state index in [2.05, 4.69) is 17.4 Å². The lowest BCUT2D eigenvalue weighted by Gasteiger charge is -2.19. The third-order valence-corrected chi connectivity index (χ3v) is 3.53. The minimum atomic E-state index is -0.322. The lowest BCUT2D eigenvalue weighted by molar-refractivity contribution is 0.173. The summed E-state index contributed by atoms with van der Waals surface area (Å²) in [6.45, 7) is 3.33. The first-order valence-electron chi connectivity index (χ1n) is 7.37. The molecular formula is C18H23NO2. The van der Waals surface area contributed by atoms with Gasteiger partial charge in [0.2, 0.25) is 0 Å². The van der Waals surface area contributed by atoms with Crippen LogP contribution in [-0.2, 0) is 6.54 Å². The Bertz CT molecular complexity index is 540. The molecule has 0 aromatic heterocycles. The van der Waals surface area contributed by atoms with Gasteiger partial charge < -0.3 is 15.5 Å². The average Bonchev–Trinajstić information content (AvgIpc) is 2.47. The number of aromatic hydroxyl groups is 1. The number of aliphatic hydroxyl groups excluding tert-OH is 1. The van der Waals surface area contributed by atoms with Gasteiger partial charge in [0.05, 0.1) is 6.10 Å². The van der Waals surface area contributed by atoms with Crippen LogP contribution in [0.5, 0.6) is 5.75 Å². The minimum Gasteiger partial charge on any atom is -0.508 e. The molecule has 0 bridgehead atoms. The van der Waals surface area contributed by atoms with Crippen LogP contribution in [0.25, 0.3) is 0 Å². The van der Waals surface area contributed by atoms with E-state index < -0.39 is 0 Å². The summed E-state index contributed by atoms with van der Waals surface area (Å²) in [6.07, 6.45) is 0.412. The van der Waals surface area contributed by atoms with Gasteiger partial charge in [0.1, 0.15) is 5.75 Å². The molecule has 0 aliphatic heterocycles. The highest BCUT2D eigenvalue weighted by molar-refractivity contribution is 5.27. The van der Waals surface area contributed by atoms with Crippen molar-refractivity contribution in [3.05, 3.63) is 65.7 Å². The summed E-state index contributed by atoms with van der Waals surface area (Å²) < 4.78 is 0. The molecule has 3 heteroatoms. The number of phenols is 1. The van der Waals surface area contributed by atoms with Gasteiger partial charge in [0, 0.05) is 13.1 Å². The van der Waals surface area contributed by atoms with Crippen molar-refractivity contribution >= 4 is 0 Å². The molecule has 112 valence electrons. The van der Waals surface area contributed by atoms with Gasteiger partial charge in [-0.2, -0.15) is 0 Å². The topological polar surface area (TPSA) is 52.5 Å². The van der Waals surface area contributed by atoms with Gasteiger partial charge in [-0.05, 0) is 42.5 Å². The number of rotatable bonds is 7. The zero-order valence-electron chi connectivity index (χ0n) is 12.4. The van der Waals surface area contributed by atoms with Gasteiger partial charge in [-0.25, -0.2) is 0 Å². The molecule has 0 aliphatic carbocycles. The Morgan fingerprint density at radius 3 is 2.48 bits per heavy atom. The van der Waals surface area contributed by atoms with Gasteiger partial charge in [-0.1, -0.05) is 42.5 Å². The maximum absolute atomic E-state index is 9.68. The number of hydrogen-bond donors (Lipinski definition) is 3. The minimum absolute atomic E-state index is 0.281. The van der Waals surface area contributed by atoms with E-state index >= 15 is 0 Å². The van der Waals surface area contributed by atoms with Crippen molar-refractivity contribution in [2.45, 2.75) is 31.9 Å². The van der Waals surface area contributed by atoms with Crippen molar-refractivity contribution < 1.29 is 10.2 Å². The predicted molar refractivity (Wildman–Crippen MR) is 85.3 cm³/mol. The molecule has 2 aromatic rings. The Balaban J connectivity index is 1.93. The molecule has 0 heterocycles. The largest absolute Gasteiger partial charge is 0.508 e. The summed E-state index contributed by atoms with van der Waals surface area (Å²) in [6, 6.07) is 17.5. The number of nitrogens with one attached hydrogen (secondary N) is 1. The molecule has 0 aliphatic rings. The van der Waals surface area contributed by atoms with Crippen molar-refractivity contribution in [1.29, 1.82) is 0 Å². The molecule has 0 amide bonds. The lowest BCUT2D eigenvalue weighted by atomic mass is 9.93. The van der Waals surface area contributed by atoms with E-state index in [1.807, 2.05) is 37.3 Å². The molecule has 2 atom stereocenters. The highest BCUT2D eigenvalue weighted by Gasteiger charge is 2.13.